The molecule has 0 amide bonds. The zero-order valence-corrected chi connectivity index (χ0v) is 13.8. The smallest absolute Gasteiger partial charge is 0.244 e. The highest BCUT2D eigenvalue weighted by Gasteiger charge is 2.28. The van der Waals surface area contributed by atoms with Crippen molar-refractivity contribution in [3.63, 3.8) is 0 Å². The van der Waals surface area contributed by atoms with Crippen molar-refractivity contribution in [1.29, 1.82) is 0 Å². The van der Waals surface area contributed by atoms with Gasteiger partial charge in [-0.15, -0.1) is 0 Å². The third kappa shape index (κ3) is 3.59. The molecule has 1 saturated heterocycles. The summed E-state index contributed by atoms with van der Waals surface area (Å²) in [6.07, 6.45) is 0. The highest BCUT2D eigenvalue weighted by molar-refractivity contribution is 9.10. The molecule has 112 valence electrons. The summed E-state index contributed by atoms with van der Waals surface area (Å²) in [7, 11) is -3.44. The second kappa shape index (κ2) is 7.00. The lowest BCUT2D eigenvalue weighted by Crippen LogP contribution is -2.40. The van der Waals surface area contributed by atoms with Gasteiger partial charge in [0.15, 0.2) is 0 Å². The first-order valence-electron chi connectivity index (χ1n) is 6.62. The molecule has 1 heterocycles. The second-order valence-electron chi connectivity index (χ2n) is 4.56. The highest BCUT2D eigenvalue weighted by atomic mass is 79.9. The van der Waals surface area contributed by atoms with Gasteiger partial charge in [-0.2, -0.15) is 4.31 Å². The number of morpholine rings is 1. The zero-order chi connectivity index (χ0) is 14.6. The topological polar surface area (TPSA) is 58.6 Å². The Labute approximate surface area is 128 Å². The molecule has 1 aliphatic rings. The Morgan fingerprint density at radius 1 is 1.35 bits per heavy atom. The molecule has 1 fully saturated rings. The number of hydrogen-bond acceptors (Lipinski definition) is 4. The van der Waals surface area contributed by atoms with Crippen LogP contribution in [-0.2, 0) is 21.3 Å². The molecule has 2 rings (SSSR count). The van der Waals surface area contributed by atoms with E-state index in [0.717, 1.165) is 18.7 Å². The molecule has 5 nitrogen and oxygen atoms in total. The lowest BCUT2D eigenvalue weighted by atomic mass is 10.2. The molecule has 1 N–H and O–H groups in total. The van der Waals surface area contributed by atoms with E-state index in [1.54, 1.807) is 6.07 Å². The lowest BCUT2D eigenvalue weighted by Gasteiger charge is -2.26. The monoisotopic (exact) mass is 362 g/mol. The van der Waals surface area contributed by atoms with Crippen LogP contribution in [0.2, 0.25) is 0 Å². The first-order chi connectivity index (χ1) is 9.55. The Hall–Kier alpha value is -0.470. The number of nitrogens with one attached hydrogen (secondary N) is 1. The van der Waals surface area contributed by atoms with Gasteiger partial charge >= 0.3 is 0 Å². The summed E-state index contributed by atoms with van der Waals surface area (Å²) >= 11 is 3.38. The summed E-state index contributed by atoms with van der Waals surface area (Å²) < 4.78 is 32.4. The predicted octanol–water partition coefficient (Wildman–Crippen LogP) is 1.58. The molecule has 0 aliphatic carbocycles. The number of ether oxygens (including phenoxy) is 1. The summed E-state index contributed by atoms with van der Waals surface area (Å²) in [6, 6.07) is 5.37. The number of nitrogens with zero attached hydrogens (tertiary/aromatic N) is 1. The summed E-state index contributed by atoms with van der Waals surface area (Å²) in [5, 5.41) is 3.22. The Balaban J connectivity index is 2.23. The van der Waals surface area contributed by atoms with Crippen LogP contribution in [0.15, 0.2) is 27.6 Å². The lowest BCUT2D eigenvalue weighted by molar-refractivity contribution is 0.0730. The van der Waals surface area contributed by atoms with E-state index >= 15 is 0 Å². The van der Waals surface area contributed by atoms with Crippen molar-refractivity contribution in [1.82, 2.24) is 9.62 Å². The van der Waals surface area contributed by atoms with Gasteiger partial charge in [0.05, 0.1) is 18.1 Å². The maximum absolute atomic E-state index is 12.6. The minimum absolute atomic E-state index is 0.319. The van der Waals surface area contributed by atoms with E-state index in [1.165, 1.54) is 4.31 Å². The van der Waals surface area contributed by atoms with E-state index in [0.29, 0.717) is 35.7 Å². The van der Waals surface area contributed by atoms with Gasteiger partial charge in [0.1, 0.15) is 0 Å². The van der Waals surface area contributed by atoms with Gasteiger partial charge in [0, 0.05) is 24.1 Å². The van der Waals surface area contributed by atoms with Crippen molar-refractivity contribution in [3.05, 3.63) is 28.2 Å². The van der Waals surface area contributed by atoms with Gasteiger partial charge in [-0.05, 0) is 40.2 Å². The van der Waals surface area contributed by atoms with Gasteiger partial charge in [0.2, 0.25) is 10.0 Å². The van der Waals surface area contributed by atoms with Crippen LogP contribution in [0.4, 0.5) is 0 Å². The van der Waals surface area contributed by atoms with Crippen LogP contribution < -0.4 is 5.32 Å². The summed E-state index contributed by atoms with van der Waals surface area (Å²) in [5.74, 6) is 0. The molecule has 1 aromatic rings. The largest absolute Gasteiger partial charge is 0.379 e. The number of hydrogen-bond donors (Lipinski definition) is 1. The van der Waals surface area contributed by atoms with Gasteiger partial charge in [-0.1, -0.05) is 13.0 Å². The van der Waals surface area contributed by atoms with Gasteiger partial charge in [0.25, 0.3) is 0 Å². The zero-order valence-electron chi connectivity index (χ0n) is 11.4. The molecule has 0 aromatic heterocycles. The van der Waals surface area contributed by atoms with E-state index in [9.17, 15) is 8.42 Å². The Bertz CT molecular complexity index is 557. The molecule has 20 heavy (non-hydrogen) atoms. The molecule has 7 heteroatoms. The van der Waals surface area contributed by atoms with Crippen molar-refractivity contribution in [2.45, 2.75) is 18.4 Å². The SMILES string of the molecule is CCNCc1ccc(S(=O)(=O)N2CCOCC2)c(Br)c1. The van der Waals surface area contributed by atoms with Crippen LogP contribution in [0.5, 0.6) is 0 Å². The van der Waals surface area contributed by atoms with Crippen LogP contribution in [-0.4, -0.2) is 45.6 Å². The molecule has 0 saturated carbocycles. The fourth-order valence-corrected chi connectivity index (χ4v) is 4.55. The van der Waals surface area contributed by atoms with Crippen LogP contribution >= 0.6 is 15.9 Å². The minimum atomic E-state index is -3.44. The van der Waals surface area contributed by atoms with Crippen LogP contribution in [0, 0.1) is 0 Å². The predicted molar refractivity (Wildman–Crippen MR) is 81.1 cm³/mol. The summed E-state index contributed by atoms with van der Waals surface area (Å²) in [6.45, 7) is 5.37. The third-order valence-corrected chi connectivity index (χ3v) is 6.04. The average Bonchev–Trinajstić information content (AvgIpc) is 2.46. The number of rotatable bonds is 5. The van der Waals surface area contributed by atoms with Crippen LogP contribution in [0.3, 0.4) is 0 Å². The molecule has 1 aromatic carbocycles. The number of halogens is 1. The van der Waals surface area contributed by atoms with Gasteiger partial charge in [-0.25, -0.2) is 8.42 Å². The van der Waals surface area contributed by atoms with Gasteiger partial charge < -0.3 is 10.1 Å². The van der Waals surface area contributed by atoms with E-state index in [2.05, 4.69) is 21.2 Å². The molecule has 0 spiro atoms. The maximum atomic E-state index is 12.6. The second-order valence-corrected chi connectivity index (χ2v) is 7.32. The Morgan fingerprint density at radius 3 is 2.65 bits per heavy atom. The van der Waals surface area contributed by atoms with Crippen molar-refractivity contribution in [2.75, 3.05) is 32.8 Å². The van der Waals surface area contributed by atoms with E-state index in [1.807, 2.05) is 19.1 Å². The fraction of sp³-hybridized carbons (Fsp3) is 0.538. The van der Waals surface area contributed by atoms with Crippen molar-refractivity contribution >= 4 is 26.0 Å². The summed E-state index contributed by atoms with van der Waals surface area (Å²) in [5.41, 5.74) is 1.06. The van der Waals surface area contributed by atoms with Crippen molar-refractivity contribution in [2.24, 2.45) is 0 Å². The van der Waals surface area contributed by atoms with E-state index in [4.69, 9.17) is 4.74 Å². The van der Waals surface area contributed by atoms with Gasteiger partial charge in [-0.3, -0.25) is 0 Å². The first-order valence-corrected chi connectivity index (χ1v) is 8.86. The maximum Gasteiger partial charge on any atom is 0.244 e. The molecule has 1 aliphatic heterocycles. The van der Waals surface area contributed by atoms with Crippen LogP contribution in [0.25, 0.3) is 0 Å². The number of sulfonamides is 1. The quantitative estimate of drug-likeness (QED) is 0.863. The molecule has 0 atom stereocenters. The fourth-order valence-electron chi connectivity index (χ4n) is 2.06. The standard InChI is InChI=1S/C13H19BrN2O3S/c1-2-15-10-11-3-4-13(12(14)9-11)20(17,18)16-5-7-19-8-6-16/h3-4,9,15H,2,5-8,10H2,1H3. The average molecular weight is 363 g/mol. The molecule has 0 unspecified atom stereocenters. The van der Waals surface area contributed by atoms with Crippen molar-refractivity contribution in [3.8, 4) is 0 Å². The molecular weight excluding hydrogens is 344 g/mol. The van der Waals surface area contributed by atoms with E-state index in [-0.39, 0.29) is 0 Å². The normalized spacial score (nSPS) is 17.3. The Kier molecular flexibility index (Phi) is 5.57. The molecule has 0 radical (unpaired) electrons. The molecular formula is C13H19BrN2O3S. The Morgan fingerprint density at radius 2 is 2.05 bits per heavy atom. The summed E-state index contributed by atoms with van der Waals surface area (Å²) in [4.78, 5) is 0.319. The van der Waals surface area contributed by atoms with Crippen molar-refractivity contribution < 1.29 is 13.2 Å². The van der Waals surface area contributed by atoms with Crippen LogP contribution in [0.1, 0.15) is 12.5 Å². The number of benzene rings is 1. The minimum Gasteiger partial charge on any atom is -0.379 e. The third-order valence-electron chi connectivity index (χ3n) is 3.16. The molecule has 0 bridgehead atoms. The highest BCUT2D eigenvalue weighted by Crippen LogP contribution is 2.26. The first kappa shape index (κ1) is 15.9. The van der Waals surface area contributed by atoms with E-state index < -0.39 is 10.0 Å².